The van der Waals surface area contributed by atoms with Crippen molar-refractivity contribution in [3.63, 3.8) is 0 Å². The predicted octanol–water partition coefficient (Wildman–Crippen LogP) is 2.42. The van der Waals surface area contributed by atoms with Gasteiger partial charge in [-0.15, -0.1) is 0 Å². The normalized spacial score (nSPS) is 27.7. The molecule has 0 saturated carbocycles. The number of hydrogen-bond acceptors (Lipinski definition) is 3. The van der Waals surface area contributed by atoms with Crippen LogP contribution in [0.15, 0.2) is 30.3 Å². The van der Waals surface area contributed by atoms with Gasteiger partial charge in [-0.25, -0.2) is 0 Å². The van der Waals surface area contributed by atoms with Crippen molar-refractivity contribution in [1.82, 2.24) is 0 Å². The van der Waals surface area contributed by atoms with E-state index in [0.717, 1.165) is 18.5 Å². The molecule has 1 saturated heterocycles. The van der Waals surface area contributed by atoms with Crippen LogP contribution in [0.5, 0.6) is 0 Å². The zero-order valence-corrected chi connectivity index (χ0v) is 10.6. The first kappa shape index (κ1) is 12.4. The van der Waals surface area contributed by atoms with Gasteiger partial charge in [0.1, 0.15) is 0 Å². The van der Waals surface area contributed by atoms with Gasteiger partial charge in [-0.3, -0.25) is 0 Å². The molecule has 0 spiro atoms. The van der Waals surface area contributed by atoms with Gasteiger partial charge in [0.25, 0.3) is 0 Å². The summed E-state index contributed by atoms with van der Waals surface area (Å²) in [4.78, 5) is 0. The molecule has 1 fully saturated rings. The van der Waals surface area contributed by atoms with Crippen molar-refractivity contribution in [2.75, 3.05) is 18.5 Å². The Hall–Kier alpha value is -1.06. The summed E-state index contributed by atoms with van der Waals surface area (Å²) in [6, 6.07) is 10.0. The number of hydrogen-bond donors (Lipinski definition) is 2. The minimum atomic E-state index is -0.261. The SMILES string of the molecule is CC1(C)CC(CO)(Nc2ccccc2)CCO1. The molecule has 0 aromatic heterocycles. The maximum absolute atomic E-state index is 9.72. The van der Waals surface area contributed by atoms with E-state index in [1.54, 1.807) is 0 Å². The molecule has 1 aliphatic heterocycles. The van der Waals surface area contributed by atoms with Crippen LogP contribution in [0.3, 0.4) is 0 Å². The lowest BCUT2D eigenvalue weighted by molar-refractivity contribution is -0.0838. The van der Waals surface area contributed by atoms with Crippen molar-refractivity contribution in [1.29, 1.82) is 0 Å². The highest BCUT2D eigenvalue weighted by atomic mass is 16.5. The van der Waals surface area contributed by atoms with Crippen molar-refractivity contribution in [3.05, 3.63) is 30.3 Å². The summed E-state index contributed by atoms with van der Waals surface area (Å²) in [6.07, 6.45) is 1.65. The van der Waals surface area contributed by atoms with Crippen LogP contribution in [0.25, 0.3) is 0 Å². The molecular weight excluding hydrogens is 214 g/mol. The van der Waals surface area contributed by atoms with Crippen LogP contribution in [-0.4, -0.2) is 29.5 Å². The highest BCUT2D eigenvalue weighted by molar-refractivity contribution is 5.45. The lowest BCUT2D eigenvalue weighted by Gasteiger charge is -2.44. The van der Waals surface area contributed by atoms with Crippen LogP contribution >= 0.6 is 0 Å². The molecule has 2 N–H and O–H groups in total. The van der Waals surface area contributed by atoms with E-state index in [-0.39, 0.29) is 17.7 Å². The molecule has 94 valence electrons. The number of ether oxygens (including phenoxy) is 1. The second-order valence-electron chi connectivity index (χ2n) is 5.46. The molecule has 0 bridgehead atoms. The molecule has 1 aromatic carbocycles. The molecule has 3 heteroatoms. The minimum absolute atomic E-state index is 0.134. The first-order chi connectivity index (χ1) is 8.05. The van der Waals surface area contributed by atoms with Gasteiger partial charge in [-0.05, 0) is 32.4 Å². The van der Waals surface area contributed by atoms with Crippen molar-refractivity contribution in [2.45, 2.75) is 37.8 Å². The fourth-order valence-corrected chi connectivity index (χ4v) is 2.59. The smallest absolute Gasteiger partial charge is 0.0663 e. The van der Waals surface area contributed by atoms with Gasteiger partial charge >= 0.3 is 0 Å². The number of para-hydroxylation sites is 1. The molecule has 1 aromatic rings. The largest absolute Gasteiger partial charge is 0.394 e. The van der Waals surface area contributed by atoms with E-state index >= 15 is 0 Å². The highest BCUT2D eigenvalue weighted by Gasteiger charge is 2.40. The summed E-state index contributed by atoms with van der Waals surface area (Å²) >= 11 is 0. The van der Waals surface area contributed by atoms with Gasteiger partial charge < -0.3 is 15.2 Å². The molecule has 0 aliphatic carbocycles. The molecule has 3 nitrogen and oxygen atoms in total. The van der Waals surface area contributed by atoms with Crippen molar-refractivity contribution >= 4 is 5.69 Å². The highest BCUT2D eigenvalue weighted by Crippen LogP contribution is 2.34. The minimum Gasteiger partial charge on any atom is -0.394 e. The molecule has 1 heterocycles. The number of anilines is 1. The first-order valence-electron chi connectivity index (χ1n) is 6.13. The summed E-state index contributed by atoms with van der Waals surface area (Å²) in [6.45, 7) is 4.97. The van der Waals surface area contributed by atoms with Crippen molar-refractivity contribution < 1.29 is 9.84 Å². The fraction of sp³-hybridized carbons (Fsp3) is 0.571. The molecule has 0 radical (unpaired) electrons. The first-order valence-corrected chi connectivity index (χ1v) is 6.13. The third-order valence-electron chi connectivity index (χ3n) is 3.32. The van der Waals surface area contributed by atoms with E-state index in [4.69, 9.17) is 4.74 Å². The molecule has 1 atom stereocenters. The summed E-state index contributed by atoms with van der Waals surface area (Å²) in [5, 5.41) is 13.2. The molecule has 1 aliphatic rings. The lowest BCUT2D eigenvalue weighted by atomic mass is 9.81. The molecule has 17 heavy (non-hydrogen) atoms. The van der Waals surface area contributed by atoms with Gasteiger partial charge in [-0.1, -0.05) is 18.2 Å². The van der Waals surface area contributed by atoms with E-state index in [2.05, 4.69) is 19.2 Å². The molecule has 2 rings (SSSR count). The van der Waals surface area contributed by atoms with Crippen LogP contribution in [-0.2, 0) is 4.74 Å². The number of nitrogens with one attached hydrogen (secondary N) is 1. The Kier molecular flexibility index (Phi) is 3.40. The zero-order chi connectivity index (χ0) is 12.4. The number of aliphatic hydroxyl groups is 1. The second-order valence-corrected chi connectivity index (χ2v) is 5.46. The van der Waals surface area contributed by atoms with Crippen LogP contribution in [0, 0.1) is 0 Å². The topological polar surface area (TPSA) is 41.5 Å². The Morgan fingerprint density at radius 3 is 2.59 bits per heavy atom. The van der Waals surface area contributed by atoms with E-state index in [1.165, 1.54) is 0 Å². The summed E-state index contributed by atoms with van der Waals surface area (Å²) in [5.41, 5.74) is 0.616. The number of aliphatic hydroxyl groups excluding tert-OH is 1. The van der Waals surface area contributed by atoms with E-state index in [0.29, 0.717) is 6.61 Å². The molecular formula is C14H21NO2. The van der Waals surface area contributed by atoms with Crippen molar-refractivity contribution in [3.8, 4) is 0 Å². The Morgan fingerprint density at radius 1 is 1.29 bits per heavy atom. The Labute approximate surface area is 103 Å². The van der Waals surface area contributed by atoms with Gasteiger partial charge in [-0.2, -0.15) is 0 Å². The fourth-order valence-electron chi connectivity index (χ4n) is 2.59. The van der Waals surface area contributed by atoms with Crippen molar-refractivity contribution in [2.24, 2.45) is 0 Å². The summed E-state index contributed by atoms with van der Waals surface area (Å²) in [7, 11) is 0. The Balaban J connectivity index is 2.14. The lowest BCUT2D eigenvalue weighted by Crippen LogP contribution is -2.53. The van der Waals surface area contributed by atoms with Gasteiger partial charge in [0.15, 0.2) is 0 Å². The second kappa shape index (κ2) is 4.67. The zero-order valence-electron chi connectivity index (χ0n) is 10.6. The Morgan fingerprint density at radius 2 is 2.00 bits per heavy atom. The van der Waals surface area contributed by atoms with E-state index in [1.807, 2.05) is 30.3 Å². The maximum atomic E-state index is 9.72. The van der Waals surface area contributed by atoms with E-state index < -0.39 is 0 Å². The Bertz CT molecular complexity index is 364. The average Bonchev–Trinajstić information content (AvgIpc) is 2.29. The van der Waals surface area contributed by atoms with Crippen LogP contribution in [0.2, 0.25) is 0 Å². The maximum Gasteiger partial charge on any atom is 0.0663 e. The van der Waals surface area contributed by atoms with E-state index in [9.17, 15) is 5.11 Å². The molecule has 0 amide bonds. The van der Waals surface area contributed by atoms with Crippen LogP contribution < -0.4 is 5.32 Å². The average molecular weight is 235 g/mol. The third-order valence-corrected chi connectivity index (χ3v) is 3.32. The van der Waals surface area contributed by atoms with Crippen LogP contribution in [0.1, 0.15) is 26.7 Å². The summed E-state index contributed by atoms with van der Waals surface area (Å²) < 4.78 is 5.71. The number of rotatable bonds is 3. The van der Waals surface area contributed by atoms with Gasteiger partial charge in [0, 0.05) is 18.7 Å². The number of benzene rings is 1. The van der Waals surface area contributed by atoms with Crippen LogP contribution in [0.4, 0.5) is 5.69 Å². The standard InChI is InChI=1S/C14H21NO2/c1-13(2)10-14(11-16,8-9-17-13)15-12-6-4-3-5-7-12/h3-7,15-16H,8-11H2,1-2H3. The molecule has 1 unspecified atom stereocenters. The van der Waals surface area contributed by atoms with Gasteiger partial charge in [0.05, 0.1) is 17.7 Å². The third kappa shape index (κ3) is 2.99. The van der Waals surface area contributed by atoms with Gasteiger partial charge in [0.2, 0.25) is 0 Å². The summed E-state index contributed by atoms with van der Waals surface area (Å²) in [5.74, 6) is 0. The quantitative estimate of drug-likeness (QED) is 0.845. The monoisotopic (exact) mass is 235 g/mol. The predicted molar refractivity (Wildman–Crippen MR) is 69.1 cm³/mol.